The van der Waals surface area contributed by atoms with Crippen LogP contribution in [-0.4, -0.2) is 81.2 Å². The van der Waals surface area contributed by atoms with Gasteiger partial charge < -0.3 is 36.6 Å². The first kappa shape index (κ1) is 27.1. The number of aliphatic hydroxyl groups excluding tert-OH is 1. The van der Waals surface area contributed by atoms with Crippen molar-refractivity contribution in [3.63, 3.8) is 0 Å². The highest BCUT2D eigenvalue weighted by Gasteiger charge is 2.39. The van der Waals surface area contributed by atoms with Gasteiger partial charge in [-0.2, -0.15) is 0 Å². The maximum absolute atomic E-state index is 13.0. The summed E-state index contributed by atoms with van der Waals surface area (Å²) in [5.41, 5.74) is 6.65. The molecule has 188 valence electrons. The van der Waals surface area contributed by atoms with Crippen LogP contribution in [0.25, 0.3) is 0 Å². The van der Waals surface area contributed by atoms with E-state index < -0.39 is 54.5 Å². The highest BCUT2D eigenvalue weighted by atomic mass is 16.4. The molecule has 34 heavy (non-hydrogen) atoms. The Morgan fingerprint density at radius 2 is 1.76 bits per heavy atom. The highest BCUT2D eigenvalue weighted by molar-refractivity contribution is 5.94. The van der Waals surface area contributed by atoms with Crippen LogP contribution in [-0.2, 0) is 25.6 Å². The molecule has 0 aliphatic carbocycles. The van der Waals surface area contributed by atoms with Gasteiger partial charge in [0.1, 0.15) is 23.9 Å². The lowest BCUT2D eigenvalue weighted by molar-refractivity contribution is -0.145. The Bertz CT molecular complexity index is 875. The summed E-state index contributed by atoms with van der Waals surface area (Å²) >= 11 is 0. The van der Waals surface area contributed by atoms with E-state index in [0.717, 1.165) is 0 Å². The first-order chi connectivity index (χ1) is 16.0. The minimum atomic E-state index is -1.29. The number of phenolic OH excluding ortho intramolecular Hbond substituents is 1. The van der Waals surface area contributed by atoms with Gasteiger partial charge in [0.25, 0.3) is 0 Å². The van der Waals surface area contributed by atoms with Crippen molar-refractivity contribution >= 4 is 23.7 Å². The second-order valence-corrected chi connectivity index (χ2v) is 8.94. The maximum atomic E-state index is 13.0. The van der Waals surface area contributed by atoms with Crippen molar-refractivity contribution in [1.82, 2.24) is 15.5 Å². The van der Waals surface area contributed by atoms with Crippen molar-refractivity contribution in [2.24, 2.45) is 11.7 Å². The van der Waals surface area contributed by atoms with E-state index in [1.165, 1.54) is 17.0 Å². The van der Waals surface area contributed by atoms with Gasteiger partial charge in [0, 0.05) is 6.54 Å². The Kier molecular flexibility index (Phi) is 9.82. The van der Waals surface area contributed by atoms with Gasteiger partial charge in [-0.15, -0.1) is 0 Å². The molecule has 1 aromatic carbocycles. The molecule has 0 radical (unpaired) electrons. The lowest BCUT2D eigenvalue weighted by atomic mass is 10.0. The summed E-state index contributed by atoms with van der Waals surface area (Å²) in [6, 6.07) is 1.91. The number of carbonyl (C=O) groups is 4. The number of likely N-dealkylation sites (tertiary alicyclic amines) is 1. The molecule has 7 N–H and O–H groups in total. The van der Waals surface area contributed by atoms with Crippen LogP contribution in [0, 0.1) is 5.92 Å². The Morgan fingerprint density at radius 1 is 1.12 bits per heavy atom. The number of benzene rings is 1. The molecule has 0 bridgehead atoms. The lowest BCUT2D eigenvalue weighted by Crippen LogP contribution is -2.58. The minimum absolute atomic E-state index is 0.0440. The molecule has 1 fully saturated rings. The zero-order chi connectivity index (χ0) is 25.4. The number of rotatable bonds is 11. The van der Waals surface area contributed by atoms with E-state index in [1.807, 2.05) is 13.8 Å². The number of aromatic hydroxyl groups is 1. The van der Waals surface area contributed by atoms with Crippen LogP contribution in [0.15, 0.2) is 24.3 Å². The fraction of sp³-hybridized carbons (Fsp3) is 0.565. The fourth-order valence-corrected chi connectivity index (χ4v) is 3.91. The van der Waals surface area contributed by atoms with Gasteiger partial charge in [-0.05, 0) is 49.3 Å². The molecule has 1 saturated heterocycles. The summed E-state index contributed by atoms with van der Waals surface area (Å²) in [7, 11) is 0. The smallest absolute Gasteiger partial charge is 0.326 e. The second kappa shape index (κ2) is 12.3. The summed E-state index contributed by atoms with van der Waals surface area (Å²) in [5.74, 6) is -2.89. The Balaban J connectivity index is 2.01. The van der Waals surface area contributed by atoms with Gasteiger partial charge in [-0.1, -0.05) is 26.0 Å². The molecule has 4 atom stereocenters. The van der Waals surface area contributed by atoms with Crippen molar-refractivity contribution < 1.29 is 34.5 Å². The summed E-state index contributed by atoms with van der Waals surface area (Å²) in [4.78, 5) is 51.1. The molecule has 11 heteroatoms. The number of carbonyl (C=O) groups excluding carboxylic acids is 3. The lowest BCUT2D eigenvalue weighted by Gasteiger charge is -2.29. The topological polar surface area (TPSA) is 182 Å². The molecule has 1 aromatic rings. The molecule has 3 amide bonds. The number of aliphatic carboxylic acids is 1. The number of nitrogens with one attached hydrogen (secondary N) is 2. The SMILES string of the molecule is CC(C)CC(NC(=O)C1CCCN1C(=O)C(CO)NC(=O)C(N)Cc1ccc(O)cc1)C(=O)O. The van der Waals surface area contributed by atoms with Crippen LogP contribution in [0.3, 0.4) is 0 Å². The zero-order valence-electron chi connectivity index (χ0n) is 19.4. The maximum Gasteiger partial charge on any atom is 0.326 e. The number of aliphatic hydroxyl groups is 1. The highest BCUT2D eigenvalue weighted by Crippen LogP contribution is 2.19. The first-order valence-corrected chi connectivity index (χ1v) is 11.3. The standard InChI is InChI=1S/C23H34N4O7/c1-13(2)10-17(23(33)34)25-21(31)19-4-3-9-27(19)22(32)18(12-28)26-20(30)16(24)11-14-5-7-15(29)8-6-14/h5-8,13,16-19,28-29H,3-4,9-12,24H2,1-2H3,(H,25,31)(H,26,30)(H,33,34). The van der Waals surface area contributed by atoms with Gasteiger partial charge in [-0.3, -0.25) is 14.4 Å². The van der Waals surface area contributed by atoms with Gasteiger partial charge in [0.2, 0.25) is 17.7 Å². The van der Waals surface area contributed by atoms with Crippen molar-refractivity contribution in [2.45, 2.75) is 63.7 Å². The van der Waals surface area contributed by atoms with Crippen molar-refractivity contribution in [1.29, 1.82) is 0 Å². The molecule has 1 heterocycles. The fourth-order valence-electron chi connectivity index (χ4n) is 3.91. The summed E-state index contributed by atoms with van der Waals surface area (Å²) in [5, 5.41) is 33.4. The number of carboxylic acids is 1. The monoisotopic (exact) mass is 478 g/mol. The van der Waals surface area contributed by atoms with E-state index in [1.54, 1.807) is 12.1 Å². The van der Waals surface area contributed by atoms with Gasteiger partial charge in [-0.25, -0.2) is 4.79 Å². The number of nitrogens with zero attached hydrogens (tertiary/aromatic N) is 1. The zero-order valence-corrected chi connectivity index (χ0v) is 19.4. The molecular formula is C23H34N4O7. The number of carboxylic acid groups (broad SMARTS) is 1. The van der Waals surface area contributed by atoms with Crippen molar-refractivity contribution in [3.8, 4) is 5.75 Å². The molecule has 0 aromatic heterocycles. The van der Waals surface area contributed by atoms with E-state index in [4.69, 9.17) is 5.73 Å². The summed E-state index contributed by atoms with van der Waals surface area (Å²) in [6.45, 7) is 3.24. The molecular weight excluding hydrogens is 444 g/mol. The van der Waals surface area contributed by atoms with Crippen molar-refractivity contribution in [2.75, 3.05) is 13.2 Å². The average Bonchev–Trinajstić information content (AvgIpc) is 3.27. The van der Waals surface area contributed by atoms with E-state index in [-0.39, 0.29) is 31.1 Å². The number of phenols is 1. The number of hydrogen-bond donors (Lipinski definition) is 6. The predicted molar refractivity (Wildman–Crippen MR) is 123 cm³/mol. The summed E-state index contributed by atoms with van der Waals surface area (Å²) in [6.07, 6.45) is 1.27. The third-order valence-electron chi connectivity index (χ3n) is 5.69. The predicted octanol–water partition coefficient (Wildman–Crippen LogP) is -0.654. The van der Waals surface area contributed by atoms with Crippen LogP contribution >= 0.6 is 0 Å². The number of hydrogen-bond acceptors (Lipinski definition) is 7. The van der Waals surface area contributed by atoms with Crippen LogP contribution in [0.4, 0.5) is 0 Å². The molecule has 1 aliphatic rings. The first-order valence-electron chi connectivity index (χ1n) is 11.3. The second-order valence-electron chi connectivity index (χ2n) is 8.94. The Labute approximate surface area is 198 Å². The molecule has 2 rings (SSSR count). The van der Waals surface area contributed by atoms with E-state index in [9.17, 15) is 34.5 Å². The minimum Gasteiger partial charge on any atom is -0.508 e. The molecule has 0 saturated carbocycles. The quantitative estimate of drug-likeness (QED) is 0.242. The van der Waals surface area contributed by atoms with Gasteiger partial charge >= 0.3 is 5.97 Å². The van der Waals surface area contributed by atoms with E-state index in [2.05, 4.69) is 10.6 Å². The third-order valence-corrected chi connectivity index (χ3v) is 5.69. The Hall–Kier alpha value is -3.18. The molecule has 1 aliphatic heterocycles. The van der Waals surface area contributed by atoms with Crippen LogP contribution in [0.5, 0.6) is 5.75 Å². The third kappa shape index (κ3) is 7.42. The normalized spacial score (nSPS) is 18.3. The van der Waals surface area contributed by atoms with Gasteiger partial charge in [0.05, 0.1) is 12.6 Å². The van der Waals surface area contributed by atoms with Crippen molar-refractivity contribution in [3.05, 3.63) is 29.8 Å². The van der Waals surface area contributed by atoms with Crippen LogP contribution < -0.4 is 16.4 Å². The van der Waals surface area contributed by atoms with E-state index >= 15 is 0 Å². The average molecular weight is 479 g/mol. The van der Waals surface area contributed by atoms with E-state index in [0.29, 0.717) is 18.4 Å². The summed E-state index contributed by atoms with van der Waals surface area (Å²) < 4.78 is 0. The number of amides is 3. The molecule has 4 unspecified atom stereocenters. The number of nitrogens with two attached hydrogens (primary N) is 1. The van der Waals surface area contributed by atoms with Gasteiger partial charge in [0.15, 0.2) is 0 Å². The molecule has 0 spiro atoms. The van der Waals surface area contributed by atoms with Crippen LogP contribution in [0.1, 0.15) is 38.7 Å². The largest absolute Gasteiger partial charge is 0.508 e. The molecule has 11 nitrogen and oxygen atoms in total. The Morgan fingerprint density at radius 3 is 2.32 bits per heavy atom. The van der Waals surface area contributed by atoms with Crippen LogP contribution in [0.2, 0.25) is 0 Å².